The van der Waals surface area contributed by atoms with Gasteiger partial charge in [-0.15, -0.1) is 0 Å². The van der Waals surface area contributed by atoms with Gasteiger partial charge in [-0.05, 0) is 81.0 Å². The number of hydrogen-bond acceptors (Lipinski definition) is 8. The molecule has 10 nitrogen and oxygen atoms in total. The number of unbranched alkanes of at least 4 members (excludes halogenated alkanes) is 1. The van der Waals surface area contributed by atoms with Crippen LogP contribution >= 0.6 is 0 Å². The molecule has 39 heavy (non-hydrogen) atoms. The van der Waals surface area contributed by atoms with Crippen molar-refractivity contribution in [2.45, 2.75) is 52.2 Å². The molecule has 206 valence electrons. The highest BCUT2D eigenvalue weighted by Gasteiger charge is 2.21. The third-order valence-corrected chi connectivity index (χ3v) is 6.39. The van der Waals surface area contributed by atoms with Gasteiger partial charge in [-0.25, -0.2) is 9.78 Å². The van der Waals surface area contributed by atoms with Crippen molar-refractivity contribution in [3.05, 3.63) is 65.4 Å². The number of hydrogen-bond donors (Lipinski definition) is 4. The van der Waals surface area contributed by atoms with Crippen molar-refractivity contribution in [2.24, 2.45) is 0 Å². The zero-order valence-corrected chi connectivity index (χ0v) is 22.8. The Morgan fingerprint density at radius 1 is 1.00 bits per heavy atom. The monoisotopic (exact) mass is 531 g/mol. The van der Waals surface area contributed by atoms with E-state index in [4.69, 9.17) is 16.2 Å². The SMILES string of the molecule is CC(C)(C)OC(=O)NCCCCNC(=O)c1ccc(-c2ccc3c(c2)CCN3Cc2cnc(N)nc2N)cc1. The van der Waals surface area contributed by atoms with Crippen LogP contribution in [0.1, 0.15) is 55.1 Å². The molecule has 0 saturated heterocycles. The largest absolute Gasteiger partial charge is 0.444 e. The molecule has 1 aliphatic heterocycles. The molecule has 1 aromatic heterocycles. The van der Waals surface area contributed by atoms with Gasteiger partial charge < -0.3 is 31.7 Å². The average Bonchev–Trinajstić information content (AvgIpc) is 3.28. The molecule has 10 heteroatoms. The van der Waals surface area contributed by atoms with Crippen molar-refractivity contribution >= 4 is 29.5 Å². The first kappa shape index (κ1) is 27.7. The van der Waals surface area contributed by atoms with Gasteiger partial charge in [0.1, 0.15) is 11.4 Å². The van der Waals surface area contributed by atoms with Gasteiger partial charge >= 0.3 is 6.09 Å². The maximum atomic E-state index is 12.5. The van der Waals surface area contributed by atoms with Crippen LogP contribution in [0.25, 0.3) is 11.1 Å². The molecule has 2 amide bonds. The van der Waals surface area contributed by atoms with E-state index in [1.165, 1.54) is 11.3 Å². The maximum Gasteiger partial charge on any atom is 0.407 e. The van der Waals surface area contributed by atoms with Gasteiger partial charge in [0, 0.05) is 49.2 Å². The first-order valence-electron chi connectivity index (χ1n) is 13.2. The number of benzene rings is 2. The predicted molar refractivity (Wildman–Crippen MR) is 153 cm³/mol. The zero-order chi connectivity index (χ0) is 28.0. The lowest BCUT2D eigenvalue weighted by atomic mass is 10.0. The van der Waals surface area contributed by atoms with Gasteiger partial charge in [0.05, 0.1) is 0 Å². The fraction of sp³-hybridized carbons (Fsp3) is 0.379. The number of amides is 2. The van der Waals surface area contributed by atoms with Crippen LogP contribution in [0.2, 0.25) is 0 Å². The lowest BCUT2D eigenvalue weighted by molar-refractivity contribution is 0.0526. The van der Waals surface area contributed by atoms with E-state index in [0.717, 1.165) is 42.5 Å². The van der Waals surface area contributed by atoms with E-state index in [0.29, 0.717) is 31.0 Å². The van der Waals surface area contributed by atoms with Gasteiger partial charge in [-0.1, -0.05) is 18.2 Å². The van der Waals surface area contributed by atoms with Crippen LogP contribution in [0, 0.1) is 0 Å². The summed E-state index contributed by atoms with van der Waals surface area (Å²) in [4.78, 5) is 34.6. The maximum absolute atomic E-state index is 12.5. The molecule has 3 aromatic rings. The van der Waals surface area contributed by atoms with Crippen molar-refractivity contribution in [1.29, 1.82) is 0 Å². The molecule has 0 bridgehead atoms. The van der Waals surface area contributed by atoms with Crippen LogP contribution < -0.4 is 27.0 Å². The summed E-state index contributed by atoms with van der Waals surface area (Å²) in [7, 11) is 0. The molecular formula is C29H37N7O3. The molecule has 0 spiro atoms. The number of nitrogens with one attached hydrogen (secondary N) is 2. The molecule has 0 saturated carbocycles. The van der Waals surface area contributed by atoms with Crippen molar-refractivity contribution in [3.8, 4) is 11.1 Å². The molecule has 4 rings (SSSR count). The third kappa shape index (κ3) is 7.59. The van der Waals surface area contributed by atoms with Crippen LogP contribution in [0.3, 0.4) is 0 Å². The highest BCUT2D eigenvalue weighted by atomic mass is 16.6. The molecule has 0 aliphatic carbocycles. The normalized spacial score (nSPS) is 12.6. The van der Waals surface area contributed by atoms with Crippen molar-refractivity contribution in [3.63, 3.8) is 0 Å². The van der Waals surface area contributed by atoms with Crippen molar-refractivity contribution in [1.82, 2.24) is 20.6 Å². The van der Waals surface area contributed by atoms with Gasteiger partial charge in [0.15, 0.2) is 0 Å². The summed E-state index contributed by atoms with van der Waals surface area (Å²) in [6.07, 6.45) is 3.70. The molecule has 1 aliphatic rings. The Kier molecular flexibility index (Phi) is 8.53. The van der Waals surface area contributed by atoms with E-state index >= 15 is 0 Å². The fourth-order valence-electron chi connectivity index (χ4n) is 4.45. The van der Waals surface area contributed by atoms with Crippen LogP contribution in [0.5, 0.6) is 0 Å². The van der Waals surface area contributed by atoms with E-state index < -0.39 is 11.7 Å². The Morgan fingerprint density at radius 2 is 1.69 bits per heavy atom. The molecule has 0 unspecified atom stereocenters. The quantitative estimate of drug-likeness (QED) is 0.304. The average molecular weight is 532 g/mol. The smallest absolute Gasteiger partial charge is 0.407 e. The second-order valence-corrected chi connectivity index (χ2v) is 10.6. The molecule has 2 heterocycles. The number of anilines is 3. The number of rotatable bonds is 9. The Hall–Kier alpha value is -4.34. The van der Waals surface area contributed by atoms with Crippen molar-refractivity contribution in [2.75, 3.05) is 36.0 Å². The number of ether oxygens (including phenoxy) is 1. The number of nitrogens with zero attached hydrogens (tertiary/aromatic N) is 3. The number of alkyl carbamates (subject to hydrolysis) is 1. The number of carbonyl (C=O) groups is 2. The molecular weight excluding hydrogens is 494 g/mol. The summed E-state index contributed by atoms with van der Waals surface area (Å²) in [6, 6.07) is 14.1. The Labute approximate surface area is 229 Å². The van der Waals surface area contributed by atoms with E-state index in [1.807, 2.05) is 45.0 Å². The summed E-state index contributed by atoms with van der Waals surface area (Å²) in [5.41, 5.74) is 17.2. The molecule has 2 aromatic carbocycles. The first-order valence-corrected chi connectivity index (χ1v) is 13.2. The van der Waals surface area contributed by atoms with Gasteiger partial charge in [0.2, 0.25) is 5.95 Å². The minimum Gasteiger partial charge on any atom is -0.444 e. The van der Waals surface area contributed by atoms with Crippen molar-refractivity contribution < 1.29 is 14.3 Å². The number of fused-ring (bicyclic) bond motifs is 1. The third-order valence-electron chi connectivity index (χ3n) is 6.39. The lowest BCUT2D eigenvalue weighted by Crippen LogP contribution is -2.33. The molecule has 0 radical (unpaired) electrons. The summed E-state index contributed by atoms with van der Waals surface area (Å²) >= 11 is 0. The summed E-state index contributed by atoms with van der Waals surface area (Å²) in [6.45, 7) is 8.03. The van der Waals surface area contributed by atoms with Crippen LogP contribution in [0.15, 0.2) is 48.7 Å². The zero-order valence-electron chi connectivity index (χ0n) is 22.8. The van der Waals surface area contributed by atoms with Crippen LogP contribution in [-0.2, 0) is 17.7 Å². The number of nitrogen functional groups attached to an aromatic ring is 2. The standard InChI is InChI=1S/C29H37N7O3/c1-29(2,3)39-28(38)33-14-5-4-13-32-26(37)20-8-6-19(7-9-20)21-10-11-24-22(16-21)12-15-36(24)18-23-17-34-27(31)35-25(23)30/h6-11,16-17H,4-5,12-15,18H2,1-3H3,(H,32,37)(H,33,38)(H4,30,31,34,35). The first-order chi connectivity index (χ1) is 18.6. The Morgan fingerprint density at radius 3 is 2.38 bits per heavy atom. The second kappa shape index (κ2) is 12.0. The van der Waals surface area contributed by atoms with E-state index in [2.05, 4.69) is 43.7 Å². The predicted octanol–water partition coefficient (Wildman–Crippen LogP) is 3.91. The molecule has 0 atom stereocenters. The van der Waals surface area contributed by atoms with Gasteiger partial charge in [-0.2, -0.15) is 4.98 Å². The Bertz CT molecular complexity index is 1320. The van der Waals surface area contributed by atoms with Gasteiger partial charge in [0.25, 0.3) is 5.91 Å². The fourth-order valence-corrected chi connectivity index (χ4v) is 4.45. The minimum absolute atomic E-state index is 0.114. The number of nitrogens with two attached hydrogens (primary N) is 2. The van der Waals surface area contributed by atoms with E-state index in [9.17, 15) is 9.59 Å². The molecule has 6 N–H and O–H groups in total. The Balaban J connectivity index is 1.26. The lowest BCUT2D eigenvalue weighted by Gasteiger charge is -2.20. The number of aromatic nitrogens is 2. The number of carbonyl (C=O) groups excluding carboxylic acids is 2. The van der Waals surface area contributed by atoms with Gasteiger partial charge in [-0.3, -0.25) is 4.79 Å². The molecule has 0 fully saturated rings. The second-order valence-electron chi connectivity index (χ2n) is 10.6. The summed E-state index contributed by atoms with van der Waals surface area (Å²) < 4.78 is 5.20. The minimum atomic E-state index is -0.514. The van der Waals surface area contributed by atoms with E-state index in [1.54, 1.807) is 6.20 Å². The van der Waals surface area contributed by atoms with Crippen LogP contribution in [0.4, 0.5) is 22.2 Å². The topological polar surface area (TPSA) is 148 Å². The summed E-state index contributed by atoms with van der Waals surface area (Å²) in [5.74, 6) is 0.472. The summed E-state index contributed by atoms with van der Waals surface area (Å²) in [5, 5.41) is 5.66. The highest BCUT2D eigenvalue weighted by molar-refractivity contribution is 5.94. The highest BCUT2D eigenvalue weighted by Crippen LogP contribution is 2.33. The van der Waals surface area contributed by atoms with Crippen LogP contribution in [-0.4, -0.2) is 47.2 Å². The van der Waals surface area contributed by atoms with E-state index in [-0.39, 0.29) is 11.9 Å².